The molecule has 0 aromatic heterocycles. The topological polar surface area (TPSA) is 117 Å². The van der Waals surface area contributed by atoms with Gasteiger partial charge in [-0.15, -0.1) is 0 Å². The first-order valence-corrected chi connectivity index (χ1v) is 12.7. The molecule has 0 saturated heterocycles. The Morgan fingerprint density at radius 2 is 1.66 bits per heavy atom. The number of rotatable bonds is 10. The van der Waals surface area contributed by atoms with Gasteiger partial charge in [-0.05, 0) is 77.8 Å². The average molecular weight is 528 g/mol. The Morgan fingerprint density at radius 3 is 2.16 bits per heavy atom. The van der Waals surface area contributed by atoms with Crippen LogP contribution in [0.4, 0.5) is 10.5 Å². The number of alkyl carbamates (subject to hydrolysis) is 1. The van der Waals surface area contributed by atoms with Crippen LogP contribution < -0.4 is 15.4 Å². The zero-order valence-corrected chi connectivity index (χ0v) is 23.6. The summed E-state index contributed by atoms with van der Waals surface area (Å²) >= 11 is 0. The quantitative estimate of drug-likeness (QED) is 0.416. The number of nitrogens with one attached hydrogen (secondary N) is 2. The van der Waals surface area contributed by atoms with Crippen LogP contribution in [0.1, 0.15) is 65.1 Å². The average Bonchev–Trinajstić information content (AvgIpc) is 2.84. The minimum Gasteiger partial charge on any atom is -0.497 e. The van der Waals surface area contributed by atoms with Gasteiger partial charge >= 0.3 is 6.09 Å². The van der Waals surface area contributed by atoms with Gasteiger partial charge in [-0.1, -0.05) is 36.8 Å². The summed E-state index contributed by atoms with van der Waals surface area (Å²) in [7, 11) is 1.56. The summed E-state index contributed by atoms with van der Waals surface area (Å²) in [6.07, 6.45) is -0.337. The van der Waals surface area contributed by atoms with E-state index in [1.54, 1.807) is 58.2 Å². The molecular formula is C29H41N3O6. The number of carbonyl (C=O) groups is 3. The van der Waals surface area contributed by atoms with Gasteiger partial charge in [-0.25, -0.2) is 4.79 Å². The summed E-state index contributed by atoms with van der Waals surface area (Å²) in [5.41, 5.74) is 0.418. The predicted octanol–water partition coefficient (Wildman–Crippen LogP) is 4.59. The number of methoxy groups -OCH3 is 1. The van der Waals surface area contributed by atoms with Crippen molar-refractivity contribution < 1.29 is 29.0 Å². The number of aryl methyl sites for hydroxylation is 1. The van der Waals surface area contributed by atoms with Crippen LogP contribution in [0.3, 0.4) is 0 Å². The number of ether oxygens (including phenoxy) is 2. The third-order valence-corrected chi connectivity index (χ3v) is 6.15. The molecule has 0 heterocycles. The van der Waals surface area contributed by atoms with Crippen LogP contribution in [0.2, 0.25) is 0 Å². The largest absolute Gasteiger partial charge is 0.497 e. The molecule has 2 aromatic carbocycles. The van der Waals surface area contributed by atoms with E-state index in [1.165, 1.54) is 4.90 Å². The van der Waals surface area contributed by atoms with Crippen molar-refractivity contribution >= 4 is 23.6 Å². The molecule has 0 fully saturated rings. The molecule has 2 atom stereocenters. The minimum absolute atomic E-state index is 0.440. The number of hydrogen-bond acceptors (Lipinski definition) is 6. The fourth-order valence-electron chi connectivity index (χ4n) is 3.89. The summed E-state index contributed by atoms with van der Waals surface area (Å²) in [5, 5.41) is 15.5. The molecule has 3 amide bonds. The van der Waals surface area contributed by atoms with Gasteiger partial charge in [0.25, 0.3) is 5.91 Å². The molecule has 2 rings (SSSR count). The molecule has 0 radical (unpaired) electrons. The van der Waals surface area contributed by atoms with Crippen LogP contribution in [0.25, 0.3) is 0 Å². The molecule has 9 nitrogen and oxygen atoms in total. The van der Waals surface area contributed by atoms with Crippen molar-refractivity contribution in [3.63, 3.8) is 0 Å². The maximum Gasteiger partial charge on any atom is 0.408 e. The lowest BCUT2D eigenvalue weighted by Gasteiger charge is -2.44. The summed E-state index contributed by atoms with van der Waals surface area (Å²) < 4.78 is 10.5. The smallest absolute Gasteiger partial charge is 0.408 e. The number of amides is 3. The number of hydrogen-bond donors (Lipinski definition) is 3. The highest BCUT2D eigenvalue weighted by molar-refractivity contribution is 5.99. The van der Waals surface area contributed by atoms with Crippen LogP contribution in [0.5, 0.6) is 5.75 Å². The van der Waals surface area contributed by atoms with Gasteiger partial charge in [0, 0.05) is 11.2 Å². The van der Waals surface area contributed by atoms with Crippen molar-refractivity contribution in [3.05, 3.63) is 59.7 Å². The minimum atomic E-state index is -1.32. The van der Waals surface area contributed by atoms with Crippen molar-refractivity contribution in [1.82, 2.24) is 10.2 Å². The number of nitrogens with zero attached hydrogens (tertiary/aromatic N) is 1. The van der Waals surface area contributed by atoms with E-state index in [2.05, 4.69) is 10.6 Å². The van der Waals surface area contributed by atoms with E-state index in [0.717, 1.165) is 5.56 Å². The zero-order valence-electron chi connectivity index (χ0n) is 23.6. The van der Waals surface area contributed by atoms with Crippen LogP contribution in [0, 0.1) is 6.92 Å². The molecule has 0 aliphatic carbocycles. The first-order chi connectivity index (χ1) is 17.7. The van der Waals surface area contributed by atoms with Crippen molar-refractivity contribution in [2.24, 2.45) is 0 Å². The Kier molecular flexibility index (Phi) is 10.3. The van der Waals surface area contributed by atoms with E-state index in [0.29, 0.717) is 23.4 Å². The van der Waals surface area contributed by atoms with Gasteiger partial charge in [0.2, 0.25) is 5.91 Å². The highest BCUT2D eigenvalue weighted by Crippen LogP contribution is 2.33. The molecule has 2 aromatic rings. The van der Waals surface area contributed by atoms with E-state index in [4.69, 9.17) is 9.47 Å². The third-order valence-electron chi connectivity index (χ3n) is 6.15. The third kappa shape index (κ3) is 8.21. The number of aliphatic hydroxyl groups is 1. The van der Waals surface area contributed by atoms with Gasteiger partial charge < -0.3 is 30.1 Å². The number of anilines is 1. The maximum absolute atomic E-state index is 14.0. The van der Waals surface area contributed by atoms with Gasteiger partial charge in [-0.3, -0.25) is 9.59 Å². The van der Waals surface area contributed by atoms with E-state index in [-0.39, 0.29) is 0 Å². The Bertz CT molecular complexity index is 1110. The highest BCUT2D eigenvalue weighted by atomic mass is 16.6. The normalized spacial score (nSPS) is 13.2. The maximum atomic E-state index is 14.0. The van der Waals surface area contributed by atoms with Crippen molar-refractivity contribution in [2.45, 2.75) is 78.1 Å². The number of aliphatic hydroxyl groups excluding tert-OH is 1. The lowest BCUT2D eigenvalue weighted by Crippen LogP contribution is -2.59. The summed E-state index contributed by atoms with van der Waals surface area (Å²) in [5.74, 6) is -0.410. The second-order valence-electron chi connectivity index (χ2n) is 10.8. The van der Waals surface area contributed by atoms with Crippen LogP contribution in [0.15, 0.2) is 48.5 Å². The monoisotopic (exact) mass is 527 g/mol. The first-order valence-electron chi connectivity index (χ1n) is 12.7. The number of benzene rings is 2. The molecule has 38 heavy (non-hydrogen) atoms. The van der Waals surface area contributed by atoms with E-state index in [1.807, 2.05) is 45.9 Å². The first kappa shape index (κ1) is 30.6. The fourth-order valence-corrected chi connectivity index (χ4v) is 3.89. The van der Waals surface area contributed by atoms with Crippen LogP contribution >= 0.6 is 0 Å². The van der Waals surface area contributed by atoms with E-state index in [9.17, 15) is 19.5 Å². The van der Waals surface area contributed by atoms with Crippen LogP contribution in [-0.2, 0) is 14.3 Å². The van der Waals surface area contributed by atoms with Crippen molar-refractivity contribution in [2.75, 3.05) is 19.0 Å². The van der Waals surface area contributed by atoms with Gasteiger partial charge in [-0.2, -0.15) is 0 Å². The highest BCUT2D eigenvalue weighted by Gasteiger charge is 2.43. The van der Waals surface area contributed by atoms with E-state index >= 15 is 0 Å². The SMILES string of the molecule is CCC(C)(C)N(C(=O)C(CO)NC(=O)OC(C)(C)C)C(C(=O)Nc1ccc(OC)cc1)c1cccc(C)c1. The second kappa shape index (κ2) is 12.8. The van der Waals surface area contributed by atoms with Crippen molar-refractivity contribution in [1.29, 1.82) is 0 Å². The Balaban J connectivity index is 2.56. The van der Waals surface area contributed by atoms with Gasteiger partial charge in [0.05, 0.1) is 13.7 Å². The molecule has 0 aliphatic rings. The molecule has 0 saturated carbocycles. The van der Waals surface area contributed by atoms with Gasteiger partial charge in [0.15, 0.2) is 0 Å². The molecule has 9 heteroatoms. The zero-order chi connectivity index (χ0) is 28.7. The van der Waals surface area contributed by atoms with E-state index < -0.39 is 47.7 Å². The predicted molar refractivity (Wildman–Crippen MR) is 147 cm³/mol. The lowest BCUT2D eigenvalue weighted by atomic mass is 9.91. The standard InChI is InChI=1S/C29H41N3O6/c1-9-29(6,7)32(26(35)23(18-33)31-27(36)38-28(3,4)5)24(20-12-10-11-19(2)17-20)25(34)30-21-13-15-22(37-8)16-14-21/h10-17,23-24,33H,9,18H2,1-8H3,(H,30,34)(H,31,36). The van der Waals surface area contributed by atoms with Gasteiger partial charge in [0.1, 0.15) is 23.4 Å². The molecule has 3 N–H and O–H groups in total. The molecule has 0 spiro atoms. The molecular weight excluding hydrogens is 486 g/mol. The Morgan fingerprint density at radius 1 is 1.03 bits per heavy atom. The summed E-state index contributed by atoms with van der Waals surface area (Å²) in [6, 6.07) is 11.8. The molecule has 0 bridgehead atoms. The Labute approximate surface area is 225 Å². The van der Waals surface area contributed by atoms with Crippen molar-refractivity contribution in [3.8, 4) is 5.75 Å². The lowest BCUT2D eigenvalue weighted by molar-refractivity contribution is -0.148. The summed E-state index contributed by atoms with van der Waals surface area (Å²) in [6.45, 7) is 11.9. The second-order valence-corrected chi connectivity index (χ2v) is 10.8. The molecule has 208 valence electrons. The summed E-state index contributed by atoms with van der Waals surface area (Å²) in [4.78, 5) is 41.8. The number of carbonyl (C=O) groups excluding carboxylic acids is 3. The Hall–Kier alpha value is -3.59. The fraction of sp³-hybridized carbons (Fsp3) is 0.483. The molecule has 2 unspecified atom stereocenters. The van der Waals surface area contributed by atoms with Crippen LogP contribution in [-0.4, -0.2) is 58.8 Å². The molecule has 0 aliphatic heterocycles.